The molecule has 1 fully saturated rings. The molecule has 116 valence electrons. The third-order valence-corrected chi connectivity index (χ3v) is 4.28. The van der Waals surface area contributed by atoms with Crippen molar-refractivity contribution in [1.82, 2.24) is 15.0 Å². The zero-order valence-electron chi connectivity index (χ0n) is 12.9. The van der Waals surface area contributed by atoms with Crippen molar-refractivity contribution in [1.29, 1.82) is 0 Å². The predicted molar refractivity (Wildman–Crippen MR) is 92.3 cm³/mol. The number of piperidine rings is 1. The summed E-state index contributed by atoms with van der Waals surface area (Å²) in [5.74, 6) is 1.89. The molecular weight excluding hydrogens is 342 g/mol. The Bertz CT molecular complexity index is 632. The summed E-state index contributed by atoms with van der Waals surface area (Å²) in [5, 5.41) is 3.56. The SMILES string of the molecule is Cc1cc(N2CCC(Nc3cncc(Br)c3)CC2)nc(C)n1. The second kappa shape index (κ2) is 6.60. The molecule has 5 nitrogen and oxygen atoms in total. The Morgan fingerprint density at radius 1 is 1.14 bits per heavy atom. The molecule has 6 heteroatoms. The molecule has 0 atom stereocenters. The molecule has 0 amide bonds. The number of aryl methyl sites for hydroxylation is 2. The molecular formula is C16H20BrN5. The second-order valence-electron chi connectivity index (χ2n) is 5.71. The van der Waals surface area contributed by atoms with Crippen molar-refractivity contribution in [3.8, 4) is 0 Å². The van der Waals surface area contributed by atoms with Crippen molar-refractivity contribution >= 4 is 27.4 Å². The van der Waals surface area contributed by atoms with E-state index in [0.29, 0.717) is 6.04 Å². The van der Waals surface area contributed by atoms with E-state index in [9.17, 15) is 0 Å². The first-order valence-corrected chi connectivity index (χ1v) is 8.34. The lowest BCUT2D eigenvalue weighted by Crippen LogP contribution is -2.39. The van der Waals surface area contributed by atoms with E-state index in [1.165, 1.54) is 0 Å². The minimum absolute atomic E-state index is 0.483. The fourth-order valence-electron chi connectivity index (χ4n) is 2.84. The third-order valence-electron chi connectivity index (χ3n) is 3.85. The zero-order valence-corrected chi connectivity index (χ0v) is 14.5. The first-order valence-electron chi connectivity index (χ1n) is 7.54. The van der Waals surface area contributed by atoms with Crippen LogP contribution < -0.4 is 10.2 Å². The first-order chi connectivity index (χ1) is 10.6. The Labute approximate surface area is 139 Å². The van der Waals surface area contributed by atoms with Crippen molar-refractivity contribution in [3.63, 3.8) is 0 Å². The lowest BCUT2D eigenvalue weighted by atomic mass is 10.0. The Hall–Kier alpha value is -1.69. The van der Waals surface area contributed by atoms with Crippen LogP contribution in [-0.2, 0) is 0 Å². The fraction of sp³-hybridized carbons (Fsp3) is 0.438. The van der Waals surface area contributed by atoms with Crippen LogP contribution in [0.3, 0.4) is 0 Å². The van der Waals surface area contributed by atoms with Gasteiger partial charge in [-0.2, -0.15) is 0 Å². The molecule has 3 heterocycles. The molecule has 0 aromatic carbocycles. The summed E-state index contributed by atoms with van der Waals surface area (Å²) in [5.41, 5.74) is 2.10. The van der Waals surface area contributed by atoms with E-state index in [2.05, 4.69) is 53.2 Å². The van der Waals surface area contributed by atoms with Gasteiger partial charge in [-0.15, -0.1) is 0 Å². The van der Waals surface area contributed by atoms with Crippen LogP contribution in [0.5, 0.6) is 0 Å². The summed E-state index contributed by atoms with van der Waals surface area (Å²) >= 11 is 3.46. The summed E-state index contributed by atoms with van der Waals surface area (Å²) in [6, 6.07) is 4.62. The summed E-state index contributed by atoms with van der Waals surface area (Å²) in [6.45, 7) is 5.99. The highest BCUT2D eigenvalue weighted by molar-refractivity contribution is 9.10. The number of nitrogens with zero attached hydrogens (tertiary/aromatic N) is 4. The number of aromatic nitrogens is 3. The maximum atomic E-state index is 4.56. The van der Waals surface area contributed by atoms with Gasteiger partial charge in [0, 0.05) is 41.6 Å². The highest BCUT2D eigenvalue weighted by Crippen LogP contribution is 2.22. The molecule has 2 aromatic heterocycles. The summed E-state index contributed by atoms with van der Waals surface area (Å²) in [6.07, 6.45) is 5.85. The van der Waals surface area contributed by atoms with Gasteiger partial charge in [0.15, 0.2) is 0 Å². The molecule has 3 rings (SSSR count). The molecule has 2 aromatic rings. The van der Waals surface area contributed by atoms with Gasteiger partial charge in [-0.1, -0.05) is 0 Å². The molecule has 0 spiro atoms. The molecule has 0 saturated carbocycles. The summed E-state index contributed by atoms with van der Waals surface area (Å²) in [4.78, 5) is 15.4. The smallest absolute Gasteiger partial charge is 0.132 e. The van der Waals surface area contributed by atoms with Gasteiger partial charge in [-0.25, -0.2) is 9.97 Å². The third kappa shape index (κ3) is 3.74. The van der Waals surface area contributed by atoms with E-state index < -0.39 is 0 Å². The number of rotatable bonds is 3. The number of anilines is 2. The fourth-order valence-corrected chi connectivity index (χ4v) is 3.20. The van der Waals surface area contributed by atoms with Gasteiger partial charge < -0.3 is 10.2 Å². The number of halogens is 1. The van der Waals surface area contributed by atoms with Crippen molar-refractivity contribution < 1.29 is 0 Å². The molecule has 1 aliphatic rings. The standard InChI is InChI=1S/C16H20BrN5/c1-11-7-16(20-12(2)19-11)22-5-3-14(4-6-22)21-15-8-13(17)9-18-10-15/h7-10,14,21H,3-6H2,1-2H3. The van der Waals surface area contributed by atoms with Gasteiger partial charge in [0.1, 0.15) is 11.6 Å². The van der Waals surface area contributed by atoms with Crippen LogP contribution in [0.1, 0.15) is 24.4 Å². The van der Waals surface area contributed by atoms with E-state index in [4.69, 9.17) is 0 Å². The maximum Gasteiger partial charge on any atom is 0.132 e. The molecule has 1 aliphatic heterocycles. The average Bonchev–Trinajstić information content (AvgIpc) is 2.47. The normalized spacial score (nSPS) is 15.9. The maximum absolute atomic E-state index is 4.56. The van der Waals surface area contributed by atoms with Crippen molar-refractivity contribution in [2.75, 3.05) is 23.3 Å². The summed E-state index contributed by atoms with van der Waals surface area (Å²) in [7, 11) is 0. The van der Waals surface area contributed by atoms with E-state index >= 15 is 0 Å². The van der Waals surface area contributed by atoms with Crippen molar-refractivity contribution in [2.24, 2.45) is 0 Å². The van der Waals surface area contributed by atoms with Gasteiger partial charge in [-0.05, 0) is 48.7 Å². The van der Waals surface area contributed by atoms with Gasteiger partial charge in [0.25, 0.3) is 0 Å². The van der Waals surface area contributed by atoms with E-state index in [1.54, 1.807) is 6.20 Å². The van der Waals surface area contributed by atoms with E-state index in [-0.39, 0.29) is 0 Å². The summed E-state index contributed by atoms with van der Waals surface area (Å²) < 4.78 is 1.00. The Morgan fingerprint density at radius 2 is 1.91 bits per heavy atom. The minimum Gasteiger partial charge on any atom is -0.381 e. The number of nitrogens with one attached hydrogen (secondary N) is 1. The molecule has 0 unspecified atom stereocenters. The number of hydrogen-bond donors (Lipinski definition) is 1. The largest absolute Gasteiger partial charge is 0.381 e. The van der Waals surface area contributed by atoms with Crippen LogP contribution in [0.4, 0.5) is 11.5 Å². The van der Waals surface area contributed by atoms with Crippen molar-refractivity contribution in [3.05, 3.63) is 40.5 Å². The lowest BCUT2D eigenvalue weighted by Gasteiger charge is -2.33. The van der Waals surface area contributed by atoms with Crippen LogP contribution in [0.25, 0.3) is 0 Å². The number of pyridine rings is 1. The lowest BCUT2D eigenvalue weighted by molar-refractivity contribution is 0.522. The molecule has 0 aliphatic carbocycles. The van der Waals surface area contributed by atoms with Gasteiger partial charge in [0.05, 0.1) is 11.9 Å². The van der Waals surface area contributed by atoms with Gasteiger partial charge in [-0.3, -0.25) is 4.98 Å². The van der Waals surface area contributed by atoms with E-state index in [0.717, 1.165) is 53.4 Å². The average molecular weight is 362 g/mol. The topological polar surface area (TPSA) is 53.9 Å². The first kappa shape index (κ1) is 15.2. The van der Waals surface area contributed by atoms with Crippen molar-refractivity contribution in [2.45, 2.75) is 32.7 Å². The van der Waals surface area contributed by atoms with Crippen LogP contribution in [0.2, 0.25) is 0 Å². The second-order valence-corrected chi connectivity index (χ2v) is 6.63. The van der Waals surface area contributed by atoms with Crippen LogP contribution in [0, 0.1) is 13.8 Å². The van der Waals surface area contributed by atoms with Crippen LogP contribution >= 0.6 is 15.9 Å². The number of hydrogen-bond acceptors (Lipinski definition) is 5. The van der Waals surface area contributed by atoms with Gasteiger partial charge in [0.2, 0.25) is 0 Å². The molecule has 1 saturated heterocycles. The quantitative estimate of drug-likeness (QED) is 0.908. The monoisotopic (exact) mass is 361 g/mol. The Balaban J connectivity index is 1.60. The Morgan fingerprint density at radius 3 is 2.59 bits per heavy atom. The zero-order chi connectivity index (χ0) is 15.5. The van der Waals surface area contributed by atoms with Crippen LogP contribution in [0.15, 0.2) is 29.0 Å². The molecule has 1 N–H and O–H groups in total. The van der Waals surface area contributed by atoms with Gasteiger partial charge >= 0.3 is 0 Å². The highest BCUT2D eigenvalue weighted by atomic mass is 79.9. The van der Waals surface area contributed by atoms with Crippen LogP contribution in [-0.4, -0.2) is 34.1 Å². The molecule has 0 bridgehead atoms. The molecule has 0 radical (unpaired) electrons. The van der Waals surface area contributed by atoms with E-state index in [1.807, 2.05) is 20.0 Å². The highest BCUT2D eigenvalue weighted by Gasteiger charge is 2.20. The predicted octanol–water partition coefficient (Wildman–Crippen LogP) is 3.33. The minimum atomic E-state index is 0.483. The Kier molecular flexibility index (Phi) is 4.57. The molecule has 22 heavy (non-hydrogen) atoms.